The molecule has 3 atom stereocenters. The fraction of sp³-hybridized carbons (Fsp3) is 1.00. The van der Waals surface area contributed by atoms with Crippen LogP contribution in [0.3, 0.4) is 0 Å². The molecule has 6 nitrogen and oxygen atoms in total. The minimum atomic E-state index is -0.600. The Kier molecular flexibility index (Phi) is 8.49. The highest BCUT2D eigenvalue weighted by atomic mass is 16.6. The Hall–Kier alpha value is -0.240. The van der Waals surface area contributed by atoms with Crippen molar-refractivity contribution in [3.63, 3.8) is 0 Å². The maximum Gasteiger partial charge on any atom is 0.104 e. The SMILES string of the molecule is C(OCC1CO1)C1CO1.OCCCCC(O)CO. The highest BCUT2D eigenvalue weighted by Crippen LogP contribution is 2.12. The highest BCUT2D eigenvalue weighted by molar-refractivity contribution is 4.71. The molecule has 0 radical (unpaired) electrons. The quantitative estimate of drug-likeness (QED) is 0.377. The summed E-state index contributed by atoms with van der Waals surface area (Å²) < 4.78 is 15.1. The molecular weight excluding hydrogens is 240 g/mol. The van der Waals surface area contributed by atoms with Crippen LogP contribution in [0.4, 0.5) is 0 Å². The van der Waals surface area contributed by atoms with Crippen LogP contribution in [0.5, 0.6) is 0 Å². The summed E-state index contributed by atoms with van der Waals surface area (Å²) in [5.41, 5.74) is 0. The molecule has 0 amide bonds. The molecule has 0 aromatic rings. The van der Waals surface area contributed by atoms with Gasteiger partial charge in [-0.3, -0.25) is 0 Å². The standard InChI is InChI=1S/C6H10O3.C6H14O3/c1(5-3-8-5)7-2-6-4-9-6;7-4-2-1-3-6(9)5-8/h5-6H,1-4H2;6-9H,1-5H2. The van der Waals surface area contributed by atoms with Gasteiger partial charge in [0, 0.05) is 6.61 Å². The Morgan fingerprint density at radius 2 is 1.61 bits per heavy atom. The van der Waals surface area contributed by atoms with Gasteiger partial charge in [-0.2, -0.15) is 0 Å². The molecular formula is C12H24O6. The molecule has 0 bridgehead atoms. The summed E-state index contributed by atoms with van der Waals surface area (Å²) in [6.07, 6.45) is 2.25. The second-order valence-electron chi connectivity index (χ2n) is 4.50. The van der Waals surface area contributed by atoms with Crippen LogP contribution < -0.4 is 0 Å². The fourth-order valence-electron chi connectivity index (χ4n) is 1.24. The van der Waals surface area contributed by atoms with Gasteiger partial charge >= 0.3 is 0 Å². The van der Waals surface area contributed by atoms with Gasteiger partial charge in [0.25, 0.3) is 0 Å². The average Bonchev–Trinajstić information content (AvgIpc) is 3.24. The van der Waals surface area contributed by atoms with Gasteiger partial charge in [0.2, 0.25) is 0 Å². The van der Waals surface area contributed by atoms with Gasteiger partial charge in [-0.25, -0.2) is 0 Å². The summed E-state index contributed by atoms with van der Waals surface area (Å²) in [4.78, 5) is 0. The monoisotopic (exact) mass is 264 g/mol. The number of aliphatic hydroxyl groups excluding tert-OH is 3. The summed E-state index contributed by atoms with van der Waals surface area (Å²) in [5.74, 6) is 0. The molecule has 2 heterocycles. The van der Waals surface area contributed by atoms with E-state index in [1.54, 1.807) is 0 Å². The second kappa shape index (κ2) is 9.66. The van der Waals surface area contributed by atoms with E-state index in [2.05, 4.69) is 0 Å². The fourth-order valence-corrected chi connectivity index (χ4v) is 1.24. The molecule has 0 aromatic carbocycles. The molecule has 3 unspecified atom stereocenters. The molecule has 2 rings (SSSR count). The van der Waals surface area contributed by atoms with E-state index >= 15 is 0 Å². The highest BCUT2D eigenvalue weighted by Gasteiger charge is 2.26. The van der Waals surface area contributed by atoms with Crippen molar-refractivity contribution in [3.05, 3.63) is 0 Å². The molecule has 2 saturated heterocycles. The van der Waals surface area contributed by atoms with E-state index in [1.165, 1.54) is 0 Å². The maximum atomic E-state index is 8.75. The Morgan fingerprint density at radius 1 is 1.06 bits per heavy atom. The van der Waals surface area contributed by atoms with E-state index in [4.69, 9.17) is 29.5 Å². The normalized spacial score (nSPS) is 26.2. The second-order valence-corrected chi connectivity index (χ2v) is 4.50. The van der Waals surface area contributed by atoms with Crippen LogP contribution in [-0.4, -0.2) is 73.3 Å². The molecule has 0 saturated carbocycles. The molecule has 18 heavy (non-hydrogen) atoms. The van der Waals surface area contributed by atoms with Crippen molar-refractivity contribution in [2.24, 2.45) is 0 Å². The Bertz CT molecular complexity index is 181. The number of aliphatic hydroxyl groups is 3. The molecule has 108 valence electrons. The molecule has 2 aliphatic rings. The number of rotatable bonds is 9. The van der Waals surface area contributed by atoms with Gasteiger partial charge in [-0.1, -0.05) is 0 Å². The van der Waals surface area contributed by atoms with Crippen LogP contribution in [0.15, 0.2) is 0 Å². The van der Waals surface area contributed by atoms with Crippen molar-refractivity contribution in [3.8, 4) is 0 Å². The van der Waals surface area contributed by atoms with Crippen molar-refractivity contribution < 1.29 is 29.5 Å². The lowest BCUT2D eigenvalue weighted by Crippen LogP contribution is -2.11. The number of epoxide rings is 2. The van der Waals surface area contributed by atoms with E-state index in [0.29, 0.717) is 25.0 Å². The molecule has 0 spiro atoms. The molecule has 2 fully saturated rings. The first-order valence-corrected chi connectivity index (χ1v) is 6.47. The first kappa shape index (κ1) is 15.8. The molecule has 6 heteroatoms. The zero-order chi connectivity index (χ0) is 13.2. The summed E-state index contributed by atoms with van der Waals surface area (Å²) in [5, 5.41) is 25.4. The first-order valence-electron chi connectivity index (χ1n) is 6.47. The lowest BCUT2D eigenvalue weighted by molar-refractivity contribution is 0.0848. The van der Waals surface area contributed by atoms with E-state index in [0.717, 1.165) is 32.8 Å². The third-order valence-electron chi connectivity index (χ3n) is 2.57. The molecule has 0 aromatic heterocycles. The van der Waals surface area contributed by atoms with Crippen LogP contribution in [0.1, 0.15) is 19.3 Å². The van der Waals surface area contributed by atoms with E-state index < -0.39 is 6.10 Å². The summed E-state index contributed by atoms with van der Waals surface area (Å²) in [6.45, 7) is 3.25. The van der Waals surface area contributed by atoms with Gasteiger partial charge in [0.05, 0.1) is 39.1 Å². The van der Waals surface area contributed by atoms with Gasteiger partial charge in [0.1, 0.15) is 12.2 Å². The first-order chi connectivity index (χ1) is 8.76. The number of unbranched alkanes of at least 4 members (excludes halogenated alkanes) is 1. The van der Waals surface area contributed by atoms with Crippen molar-refractivity contribution in [2.45, 2.75) is 37.6 Å². The molecule has 2 aliphatic heterocycles. The van der Waals surface area contributed by atoms with Gasteiger partial charge in [-0.05, 0) is 19.3 Å². The lowest BCUT2D eigenvalue weighted by atomic mass is 10.2. The molecule has 3 N–H and O–H groups in total. The third-order valence-corrected chi connectivity index (χ3v) is 2.57. The van der Waals surface area contributed by atoms with Crippen molar-refractivity contribution in [1.82, 2.24) is 0 Å². The lowest BCUT2D eigenvalue weighted by Gasteiger charge is -2.03. The number of ether oxygens (including phenoxy) is 3. The largest absolute Gasteiger partial charge is 0.396 e. The van der Waals surface area contributed by atoms with Gasteiger partial charge in [0.15, 0.2) is 0 Å². The minimum absolute atomic E-state index is 0.165. The zero-order valence-electron chi connectivity index (χ0n) is 10.7. The zero-order valence-corrected chi connectivity index (χ0v) is 10.7. The van der Waals surface area contributed by atoms with E-state index in [1.807, 2.05) is 0 Å². The van der Waals surface area contributed by atoms with Gasteiger partial charge < -0.3 is 29.5 Å². The van der Waals surface area contributed by atoms with E-state index in [-0.39, 0.29) is 13.2 Å². The number of hydrogen-bond acceptors (Lipinski definition) is 6. The van der Waals surface area contributed by atoms with Crippen molar-refractivity contribution in [2.75, 3.05) is 39.6 Å². The van der Waals surface area contributed by atoms with Crippen molar-refractivity contribution >= 4 is 0 Å². The van der Waals surface area contributed by atoms with Crippen molar-refractivity contribution in [1.29, 1.82) is 0 Å². The van der Waals surface area contributed by atoms with Crippen LogP contribution in [0.2, 0.25) is 0 Å². The van der Waals surface area contributed by atoms with E-state index in [9.17, 15) is 0 Å². The minimum Gasteiger partial charge on any atom is -0.396 e. The predicted molar refractivity (Wildman–Crippen MR) is 64.3 cm³/mol. The average molecular weight is 264 g/mol. The maximum absolute atomic E-state index is 8.75. The van der Waals surface area contributed by atoms with Crippen LogP contribution in [0.25, 0.3) is 0 Å². The predicted octanol–water partition coefficient (Wildman–Crippen LogP) is -0.697. The summed E-state index contributed by atoms with van der Waals surface area (Å²) in [6, 6.07) is 0. The smallest absolute Gasteiger partial charge is 0.104 e. The van der Waals surface area contributed by atoms with Crippen LogP contribution in [0, 0.1) is 0 Å². The Labute approximate surface area is 107 Å². The third kappa shape index (κ3) is 9.76. The van der Waals surface area contributed by atoms with Gasteiger partial charge in [-0.15, -0.1) is 0 Å². The summed E-state index contributed by atoms with van der Waals surface area (Å²) in [7, 11) is 0. The van der Waals surface area contributed by atoms with Crippen LogP contribution >= 0.6 is 0 Å². The molecule has 0 aliphatic carbocycles. The number of hydrogen-bond donors (Lipinski definition) is 3. The Balaban J connectivity index is 0.000000180. The summed E-state index contributed by atoms with van der Waals surface area (Å²) >= 11 is 0. The Morgan fingerprint density at radius 3 is 2.00 bits per heavy atom. The topological polar surface area (TPSA) is 95.0 Å². The van der Waals surface area contributed by atoms with Crippen LogP contribution in [-0.2, 0) is 14.2 Å².